The van der Waals surface area contributed by atoms with Crippen molar-refractivity contribution in [3.63, 3.8) is 0 Å². The SMILES string of the molecule is CC(=O)N[C@H](C(=O)N1C[C@H]2[C@@H]([C@H]1C(=O)N[C@H](C#N)C[C@@H]1CC[C@@H](C)NC1=O)C2(C)C)C(C)(C)C. The lowest BCUT2D eigenvalue weighted by molar-refractivity contribution is -0.145. The predicted molar refractivity (Wildman–Crippen MR) is 126 cm³/mol. The maximum atomic E-state index is 13.6. The van der Waals surface area contributed by atoms with Gasteiger partial charge in [0.15, 0.2) is 0 Å². The maximum absolute atomic E-state index is 13.6. The molecule has 1 saturated carbocycles. The minimum atomic E-state index is -0.816. The number of hydrogen-bond acceptors (Lipinski definition) is 5. The highest BCUT2D eigenvalue weighted by atomic mass is 16.2. The number of rotatable bonds is 6. The van der Waals surface area contributed by atoms with E-state index in [4.69, 9.17) is 0 Å². The number of nitrogens with zero attached hydrogens (tertiary/aromatic N) is 2. The largest absolute Gasteiger partial charge is 0.353 e. The molecule has 0 bridgehead atoms. The average molecular weight is 474 g/mol. The van der Waals surface area contributed by atoms with Crippen LogP contribution in [0.15, 0.2) is 0 Å². The van der Waals surface area contributed by atoms with Gasteiger partial charge in [0.05, 0.1) is 6.07 Å². The van der Waals surface area contributed by atoms with Crippen LogP contribution in [0.25, 0.3) is 0 Å². The topological polar surface area (TPSA) is 131 Å². The Morgan fingerprint density at radius 3 is 2.41 bits per heavy atom. The van der Waals surface area contributed by atoms with Crippen molar-refractivity contribution in [3.8, 4) is 6.07 Å². The van der Waals surface area contributed by atoms with E-state index in [1.807, 2.05) is 27.7 Å². The number of carbonyl (C=O) groups excluding carboxylic acids is 4. The van der Waals surface area contributed by atoms with E-state index in [0.717, 1.165) is 6.42 Å². The van der Waals surface area contributed by atoms with Crippen LogP contribution in [0.5, 0.6) is 0 Å². The summed E-state index contributed by atoms with van der Waals surface area (Å²) in [4.78, 5) is 52.8. The molecule has 7 atom stereocenters. The lowest BCUT2D eigenvalue weighted by atomic mass is 9.85. The van der Waals surface area contributed by atoms with Crippen LogP contribution in [-0.2, 0) is 19.2 Å². The maximum Gasteiger partial charge on any atom is 0.246 e. The summed E-state index contributed by atoms with van der Waals surface area (Å²) in [5.74, 6) is -1.17. The molecule has 0 aromatic carbocycles. The van der Waals surface area contributed by atoms with E-state index < -0.39 is 23.5 Å². The number of nitrogens with one attached hydrogen (secondary N) is 3. The number of likely N-dealkylation sites (tertiary alicyclic amines) is 1. The molecule has 3 aliphatic rings. The summed E-state index contributed by atoms with van der Waals surface area (Å²) in [6.07, 6.45) is 1.76. The Hall–Kier alpha value is -2.63. The molecule has 4 amide bonds. The summed E-state index contributed by atoms with van der Waals surface area (Å²) in [6, 6.07) is -0.0406. The van der Waals surface area contributed by atoms with E-state index in [0.29, 0.717) is 13.0 Å². The molecule has 3 rings (SSSR count). The first-order valence-corrected chi connectivity index (χ1v) is 12.3. The summed E-state index contributed by atoms with van der Waals surface area (Å²) in [5.41, 5.74) is -0.613. The Bertz CT molecular complexity index is 902. The summed E-state index contributed by atoms with van der Waals surface area (Å²) >= 11 is 0. The van der Waals surface area contributed by atoms with Crippen LogP contribution >= 0.6 is 0 Å². The molecule has 9 heteroatoms. The molecule has 2 saturated heterocycles. The minimum Gasteiger partial charge on any atom is -0.353 e. The van der Waals surface area contributed by atoms with Crippen LogP contribution in [0, 0.1) is 39.9 Å². The van der Waals surface area contributed by atoms with Gasteiger partial charge in [0.1, 0.15) is 18.1 Å². The quantitative estimate of drug-likeness (QED) is 0.536. The second-order valence-electron chi connectivity index (χ2n) is 12.0. The molecule has 2 aliphatic heterocycles. The second kappa shape index (κ2) is 9.20. The summed E-state index contributed by atoms with van der Waals surface area (Å²) < 4.78 is 0. The molecule has 3 N–H and O–H groups in total. The predicted octanol–water partition coefficient (Wildman–Crippen LogP) is 1.33. The first kappa shape index (κ1) is 26.0. The Balaban J connectivity index is 1.76. The van der Waals surface area contributed by atoms with Crippen molar-refractivity contribution in [3.05, 3.63) is 0 Å². The highest BCUT2D eigenvalue weighted by Gasteiger charge is 2.69. The zero-order chi connectivity index (χ0) is 25.6. The highest BCUT2D eigenvalue weighted by molar-refractivity contribution is 5.94. The van der Waals surface area contributed by atoms with Gasteiger partial charge in [-0.05, 0) is 48.9 Å². The second-order valence-corrected chi connectivity index (χ2v) is 12.0. The molecule has 2 heterocycles. The van der Waals surface area contributed by atoms with Gasteiger partial charge in [0.25, 0.3) is 0 Å². The standard InChI is InChI=1S/C25H39N5O4/c1-13-8-9-15(21(32)27-13)10-16(11-26)29-22(33)19-18-17(25(18,6)7)12-30(19)23(34)20(24(3,4)5)28-14(2)31/h13,15-20H,8-10,12H2,1-7H3,(H,27,32)(H,28,31)(H,29,33)/t13-,15+,16+,17+,18+,19+,20-/m1/s1. The van der Waals surface area contributed by atoms with Crippen LogP contribution in [0.1, 0.15) is 67.7 Å². The van der Waals surface area contributed by atoms with E-state index in [9.17, 15) is 24.4 Å². The van der Waals surface area contributed by atoms with Gasteiger partial charge in [-0.25, -0.2) is 0 Å². The van der Waals surface area contributed by atoms with Crippen molar-refractivity contribution in [2.75, 3.05) is 6.54 Å². The minimum absolute atomic E-state index is 0.00688. The first-order valence-electron chi connectivity index (χ1n) is 12.3. The number of hydrogen-bond donors (Lipinski definition) is 3. The molecule has 3 fully saturated rings. The van der Waals surface area contributed by atoms with Crippen LogP contribution in [0.2, 0.25) is 0 Å². The highest BCUT2D eigenvalue weighted by Crippen LogP contribution is 2.65. The first-order chi connectivity index (χ1) is 15.7. The third kappa shape index (κ3) is 5.06. The van der Waals surface area contributed by atoms with Crippen molar-refractivity contribution in [1.29, 1.82) is 5.26 Å². The van der Waals surface area contributed by atoms with Gasteiger partial charge >= 0.3 is 0 Å². The molecular weight excluding hydrogens is 434 g/mol. The Labute approximate surface area is 202 Å². The van der Waals surface area contributed by atoms with E-state index in [1.165, 1.54) is 6.92 Å². The fourth-order valence-electron chi connectivity index (χ4n) is 5.76. The van der Waals surface area contributed by atoms with Gasteiger partial charge in [-0.1, -0.05) is 34.6 Å². The van der Waals surface area contributed by atoms with Gasteiger partial charge in [-0.2, -0.15) is 5.26 Å². The van der Waals surface area contributed by atoms with E-state index in [-0.39, 0.29) is 59.3 Å². The van der Waals surface area contributed by atoms with E-state index in [1.54, 1.807) is 4.90 Å². The van der Waals surface area contributed by atoms with Crippen molar-refractivity contribution in [2.45, 2.75) is 91.9 Å². The third-order valence-electron chi connectivity index (χ3n) is 7.92. The Morgan fingerprint density at radius 2 is 1.88 bits per heavy atom. The monoisotopic (exact) mass is 473 g/mol. The fourth-order valence-corrected chi connectivity index (χ4v) is 5.76. The third-order valence-corrected chi connectivity index (χ3v) is 7.92. The Kier molecular flexibility index (Phi) is 7.03. The smallest absolute Gasteiger partial charge is 0.246 e. The van der Waals surface area contributed by atoms with Gasteiger partial charge in [-0.3, -0.25) is 19.2 Å². The number of carbonyl (C=O) groups is 4. The summed E-state index contributed by atoms with van der Waals surface area (Å²) in [5, 5.41) is 18.2. The van der Waals surface area contributed by atoms with Crippen LogP contribution in [0.4, 0.5) is 0 Å². The van der Waals surface area contributed by atoms with Gasteiger partial charge in [0, 0.05) is 25.4 Å². The summed E-state index contributed by atoms with van der Waals surface area (Å²) in [7, 11) is 0. The molecule has 9 nitrogen and oxygen atoms in total. The zero-order valence-corrected chi connectivity index (χ0v) is 21.4. The lowest BCUT2D eigenvalue weighted by Gasteiger charge is -2.37. The molecule has 188 valence electrons. The van der Waals surface area contributed by atoms with Crippen molar-refractivity contribution in [1.82, 2.24) is 20.9 Å². The molecule has 34 heavy (non-hydrogen) atoms. The molecule has 0 spiro atoms. The number of amides is 4. The molecule has 0 radical (unpaired) electrons. The van der Waals surface area contributed by atoms with Crippen molar-refractivity contribution >= 4 is 23.6 Å². The van der Waals surface area contributed by atoms with Gasteiger partial charge < -0.3 is 20.9 Å². The average Bonchev–Trinajstić information content (AvgIpc) is 3.07. The van der Waals surface area contributed by atoms with Crippen LogP contribution < -0.4 is 16.0 Å². The van der Waals surface area contributed by atoms with Gasteiger partial charge in [-0.15, -0.1) is 0 Å². The number of piperidine rings is 2. The molecule has 1 aliphatic carbocycles. The van der Waals surface area contributed by atoms with Gasteiger partial charge in [0.2, 0.25) is 23.6 Å². The van der Waals surface area contributed by atoms with Crippen molar-refractivity contribution < 1.29 is 19.2 Å². The lowest BCUT2D eigenvalue weighted by Crippen LogP contribution is -2.59. The van der Waals surface area contributed by atoms with Crippen LogP contribution in [0.3, 0.4) is 0 Å². The normalized spacial score (nSPS) is 31.4. The number of nitriles is 1. The fraction of sp³-hybridized carbons (Fsp3) is 0.800. The zero-order valence-electron chi connectivity index (χ0n) is 21.4. The molecule has 0 unspecified atom stereocenters. The van der Waals surface area contributed by atoms with Crippen molar-refractivity contribution in [2.24, 2.45) is 28.6 Å². The Morgan fingerprint density at radius 1 is 1.24 bits per heavy atom. The van der Waals surface area contributed by atoms with E-state index >= 15 is 0 Å². The molecule has 0 aromatic heterocycles. The summed E-state index contributed by atoms with van der Waals surface area (Å²) in [6.45, 7) is 13.6. The molecular formula is C25H39N5O4. The number of fused-ring (bicyclic) bond motifs is 1. The van der Waals surface area contributed by atoms with E-state index in [2.05, 4.69) is 35.9 Å². The van der Waals surface area contributed by atoms with Crippen LogP contribution in [-0.4, -0.2) is 59.2 Å². The molecule has 0 aromatic rings.